The molecule has 4 rings (SSSR count). The van der Waals surface area contributed by atoms with Crippen molar-refractivity contribution in [3.8, 4) is 0 Å². The van der Waals surface area contributed by atoms with Gasteiger partial charge in [0.1, 0.15) is 0 Å². The summed E-state index contributed by atoms with van der Waals surface area (Å²) in [6, 6.07) is 21.4. The van der Waals surface area contributed by atoms with Crippen molar-refractivity contribution in [2.75, 3.05) is 11.1 Å². The highest BCUT2D eigenvalue weighted by Crippen LogP contribution is 2.27. The molecule has 5 N–H and O–H groups in total. The van der Waals surface area contributed by atoms with Crippen molar-refractivity contribution >= 4 is 34.5 Å². The van der Waals surface area contributed by atoms with Crippen molar-refractivity contribution in [2.45, 2.75) is 13.5 Å². The van der Waals surface area contributed by atoms with Gasteiger partial charge < -0.3 is 21.8 Å². The molecule has 2 aromatic carbocycles. The van der Waals surface area contributed by atoms with Crippen LogP contribution >= 0.6 is 0 Å². The number of anilines is 3. The standard InChI is InChI=1S/C29H28N6/c1-20-11-16-33-23(17-20)8-10-27(30)26-9-7-24(18-28(26)31)35-29-6-4-3-5-25(29)21(2)34-19-22-12-14-32-15-13-22/h3-18,30,34-35H,2,19,31H2,1H3/b10-8+,30-27?. The molecule has 0 fully saturated rings. The number of nitrogens with zero attached hydrogens (tertiary/aromatic N) is 2. The molecule has 35 heavy (non-hydrogen) atoms. The van der Waals surface area contributed by atoms with Crippen LogP contribution in [0.1, 0.15) is 27.9 Å². The fourth-order valence-electron chi connectivity index (χ4n) is 3.61. The third-order valence-corrected chi connectivity index (χ3v) is 5.49. The Labute approximate surface area is 205 Å². The summed E-state index contributed by atoms with van der Waals surface area (Å²) in [7, 11) is 0. The van der Waals surface area contributed by atoms with E-state index in [4.69, 9.17) is 11.1 Å². The monoisotopic (exact) mass is 460 g/mol. The van der Waals surface area contributed by atoms with Crippen molar-refractivity contribution in [1.29, 1.82) is 5.41 Å². The number of nitrogens with two attached hydrogens (primary N) is 1. The topological polar surface area (TPSA) is 99.7 Å². The number of benzene rings is 2. The van der Waals surface area contributed by atoms with Gasteiger partial charge in [-0.05, 0) is 78.7 Å². The minimum atomic E-state index is 0.325. The highest BCUT2D eigenvalue weighted by molar-refractivity contribution is 6.12. The van der Waals surface area contributed by atoms with E-state index in [0.717, 1.165) is 39.5 Å². The van der Waals surface area contributed by atoms with Crippen LogP contribution in [0.2, 0.25) is 0 Å². The Morgan fingerprint density at radius 3 is 2.57 bits per heavy atom. The molecule has 0 aliphatic carbocycles. The van der Waals surface area contributed by atoms with Crippen LogP contribution < -0.4 is 16.4 Å². The number of nitrogen functional groups attached to an aromatic ring is 1. The largest absolute Gasteiger partial charge is 0.398 e. The smallest absolute Gasteiger partial charge is 0.0633 e. The lowest BCUT2D eigenvalue weighted by atomic mass is 10.1. The van der Waals surface area contributed by atoms with Gasteiger partial charge in [0, 0.05) is 59.0 Å². The maximum Gasteiger partial charge on any atom is 0.0633 e. The molecule has 6 nitrogen and oxygen atoms in total. The zero-order valence-electron chi connectivity index (χ0n) is 19.6. The van der Waals surface area contributed by atoms with Crippen LogP contribution in [0.15, 0.2) is 98.0 Å². The van der Waals surface area contributed by atoms with Gasteiger partial charge in [0.25, 0.3) is 0 Å². The Balaban J connectivity index is 1.46. The predicted octanol–water partition coefficient (Wildman–Crippen LogP) is 5.95. The van der Waals surface area contributed by atoms with Gasteiger partial charge in [0.05, 0.1) is 11.4 Å². The van der Waals surface area contributed by atoms with E-state index in [2.05, 4.69) is 27.2 Å². The van der Waals surface area contributed by atoms with Crippen LogP contribution in [0.4, 0.5) is 17.1 Å². The van der Waals surface area contributed by atoms with Gasteiger partial charge in [-0.2, -0.15) is 0 Å². The highest BCUT2D eigenvalue weighted by atomic mass is 14.9. The lowest BCUT2D eigenvalue weighted by Crippen LogP contribution is -2.12. The molecule has 0 saturated carbocycles. The van der Waals surface area contributed by atoms with Gasteiger partial charge in [0.2, 0.25) is 0 Å². The zero-order chi connectivity index (χ0) is 24.6. The molecule has 0 spiro atoms. The fraction of sp³-hybridized carbons (Fsp3) is 0.0690. The fourth-order valence-corrected chi connectivity index (χ4v) is 3.61. The van der Waals surface area contributed by atoms with E-state index in [1.54, 1.807) is 24.7 Å². The van der Waals surface area contributed by atoms with Crippen LogP contribution in [-0.4, -0.2) is 15.7 Å². The summed E-state index contributed by atoms with van der Waals surface area (Å²) in [5, 5.41) is 15.2. The second-order valence-corrected chi connectivity index (χ2v) is 8.17. The summed E-state index contributed by atoms with van der Waals surface area (Å²) >= 11 is 0. The van der Waals surface area contributed by atoms with E-state index in [0.29, 0.717) is 23.5 Å². The molecule has 6 heteroatoms. The first-order chi connectivity index (χ1) is 17.0. The first-order valence-corrected chi connectivity index (χ1v) is 11.3. The molecule has 0 atom stereocenters. The SMILES string of the molecule is C=C(NCc1ccncc1)c1ccccc1Nc1ccc(C(=N)/C=C/c2cc(C)ccn2)c(N)c1. The van der Waals surface area contributed by atoms with Crippen LogP contribution in [0.25, 0.3) is 11.8 Å². The summed E-state index contributed by atoms with van der Waals surface area (Å²) < 4.78 is 0. The van der Waals surface area contributed by atoms with Crippen LogP contribution in [0, 0.1) is 12.3 Å². The van der Waals surface area contributed by atoms with Gasteiger partial charge in [-0.15, -0.1) is 0 Å². The lowest BCUT2D eigenvalue weighted by molar-refractivity contribution is 0.889. The highest BCUT2D eigenvalue weighted by Gasteiger charge is 2.09. The average Bonchev–Trinajstić information content (AvgIpc) is 2.87. The van der Waals surface area contributed by atoms with Crippen molar-refractivity contribution < 1.29 is 0 Å². The number of hydrogen-bond donors (Lipinski definition) is 4. The second kappa shape index (κ2) is 10.9. The number of rotatable bonds is 9. The van der Waals surface area contributed by atoms with Crippen molar-refractivity contribution in [3.05, 3.63) is 126 Å². The van der Waals surface area contributed by atoms with E-state index in [9.17, 15) is 0 Å². The maximum atomic E-state index is 8.43. The summed E-state index contributed by atoms with van der Waals surface area (Å²) in [4.78, 5) is 8.35. The Hall–Kier alpha value is -4.71. The first-order valence-electron chi connectivity index (χ1n) is 11.3. The molecule has 4 aromatic rings. The first kappa shape index (κ1) is 23.4. The Morgan fingerprint density at radius 1 is 1.00 bits per heavy atom. The Morgan fingerprint density at radius 2 is 1.80 bits per heavy atom. The summed E-state index contributed by atoms with van der Waals surface area (Å²) in [5.41, 5.74) is 14.4. The molecule has 2 aromatic heterocycles. The van der Waals surface area contributed by atoms with Crippen LogP contribution in [0.5, 0.6) is 0 Å². The summed E-state index contributed by atoms with van der Waals surface area (Å²) in [5.74, 6) is 0. The van der Waals surface area contributed by atoms with Gasteiger partial charge in [-0.3, -0.25) is 9.97 Å². The van der Waals surface area contributed by atoms with E-state index in [1.165, 1.54) is 0 Å². The molecule has 0 saturated heterocycles. The van der Waals surface area contributed by atoms with E-state index >= 15 is 0 Å². The molecular weight excluding hydrogens is 432 g/mol. The molecule has 174 valence electrons. The van der Waals surface area contributed by atoms with Crippen molar-refractivity contribution in [2.24, 2.45) is 0 Å². The third kappa shape index (κ3) is 6.21. The summed E-state index contributed by atoms with van der Waals surface area (Å²) in [6.45, 7) is 6.89. The van der Waals surface area contributed by atoms with E-state index in [1.807, 2.05) is 79.7 Å². The van der Waals surface area contributed by atoms with Crippen molar-refractivity contribution in [1.82, 2.24) is 15.3 Å². The molecule has 0 aliphatic heterocycles. The number of para-hydroxylation sites is 1. The Kier molecular flexibility index (Phi) is 7.33. The van der Waals surface area contributed by atoms with Gasteiger partial charge >= 0.3 is 0 Å². The molecular formula is C29H28N6. The number of allylic oxidation sites excluding steroid dienone is 1. The molecule has 0 aliphatic rings. The van der Waals surface area contributed by atoms with Crippen molar-refractivity contribution in [3.63, 3.8) is 0 Å². The van der Waals surface area contributed by atoms with Crippen LogP contribution in [-0.2, 0) is 6.54 Å². The molecule has 0 radical (unpaired) electrons. The number of nitrogens with one attached hydrogen (secondary N) is 3. The molecule has 2 heterocycles. The van der Waals surface area contributed by atoms with E-state index in [-0.39, 0.29) is 0 Å². The number of hydrogen-bond acceptors (Lipinski definition) is 6. The third-order valence-electron chi connectivity index (χ3n) is 5.49. The number of aromatic nitrogens is 2. The van der Waals surface area contributed by atoms with Gasteiger partial charge in [0.15, 0.2) is 0 Å². The Bertz CT molecular complexity index is 1380. The quantitative estimate of drug-likeness (QED) is 0.183. The van der Waals surface area contributed by atoms with Gasteiger partial charge in [-0.1, -0.05) is 24.8 Å². The molecule has 0 amide bonds. The predicted molar refractivity (Wildman–Crippen MR) is 146 cm³/mol. The number of aryl methyl sites for hydroxylation is 1. The second-order valence-electron chi connectivity index (χ2n) is 8.17. The lowest BCUT2D eigenvalue weighted by Gasteiger charge is -2.16. The zero-order valence-corrected chi connectivity index (χ0v) is 19.6. The minimum absolute atomic E-state index is 0.325. The molecule has 0 unspecified atom stereocenters. The maximum absolute atomic E-state index is 8.43. The van der Waals surface area contributed by atoms with Crippen LogP contribution in [0.3, 0.4) is 0 Å². The normalized spacial score (nSPS) is 10.8. The molecule has 0 bridgehead atoms. The number of pyridine rings is 2. The summed E-state index contributed by atoms with van der Waals surface area (Å²) in [6.07, 6.45) is 8.85. The average molecular weight is 461 g/mol. The van der Waals surface area contributed by atoms with E-state index < -0.39 is 0 Å². The minimum Gasteiger partial charge on any atom is -0.398 e. The van der Waals surface area contributed by atoms with Gasteiger partial charge in [-0.25, -0.2) is 0 Å².